The third kappa shape index (κ3) is 3.76. The van der Waals surface area contributed by atoms with E-state index in [0.717, 1.165) is 23.5 Å². The number of thioether (sulfide) groups is 1. The third-order valence-electron chi connectivity index (χ3n) is 3.92. The molecule has 0 saturated carbocycles. The molecule has 2 heterocycles. The lowest BCUT2D eigenvalue weighted by atomic mass is 10.3. The van der Waals surface area contributed by atoms with Gasteiger partial charge in [0.05, 0.1) is 21.2 Å². The Kier molecular flexibility index (Phi) is 5.35. The summed E-state index contributed by atoms with van der Waals surface area (Å²) in [4.78, 5) is 9.06. The highest BCUT2D eigenvalue weighted by Gasteiger charge is 2.20. The molecule has 8 nitrogen and oxygen atoms in total. The average Bonchev–Trinajstić information content (AvgIpc) is 3.17. The molecule has 1 atom stereocenters. The van der Waals surface area contributed by atoms with Gasteiger partial charge in [-0.3, -0.25) is 0 Å². The van der Waals surface area contributed by atoms with Crippen molar-refractivity contribution in [2.24, 2.45) is 5.14 Å². The molecule has 0 fully saturated rings. The number of nitrogens with two attached hydrogens (primary N) is 1. The molecule has 1 aromatic carbocycles. The molecule has 3 aromatic rings. The molecular weight excluding hydrogens is 374 g/mol. The van der Waals surface area contributed by atoms with Crippen molar-refractivity contribution in [3.05, 3.63) is 29.9 Å². The highest BCUT2D eigenvalue weighted by molar-refractivity contribution is 7.99. The van der Waals surface area contributed by atoms with Crippen LogP contribution in [0.25, 0.3) is 11.0 Å². The Morgan fingerprint density at radius 2 is 2.08 bits per heavy atom. The predicted molar refractivity (Wildman–Crippen MR) is 99.3 cm³/mol. The smallest absolute Gasteiger partial charge is 0.239 e. The van der Waals surface area contributed by atoms with Crippen molar-refractivity contribution in [1.82, 2.24) is 19.7 Å². The number of fused-ring (bicyclic) bond motifs is 1. The number of benzene rings is 1. The molecule has 0 bridgehead atoms. The molecule has 3 rings (SSSR count). The van der Waals surface area contributed by atoms with Gasteiger partial charge in [-0.25, -0.2) is 18.5 Å². The van der Waals surface area contributed by atoms with E-state index in [0.29, 0.717) is 23.8 Å². The monoisotopic (exact) mass is 395 g/mol. The maximum atomic E-state index is 11.6. The molecule has 10 heteroatoms. The Bertz CT molecular complexity index is 1030. The van der Waals surface area contributed by atoms with E-state index in [1.807, 2.05) is 18.4 Å². The number of sulfonamides is 1. The van der Waals surface area contributed by atoms with E-state index in [4.69, 9.17) is 9.66 Å². The van der Waals surface area contributed by atoms with Gasteiger partial charge in [-0.05, 0) is 38.5 Å². The van der Waals surface area contributed by atoms with Crippen molar-refractivity contribution >= 4 is 32.8 Å². The fourth-order valence-electron chi connectivity index (χ4n) is 2.63. The number of aryl methyl sites for hydroxylation is 2. The van der Waals surface area contributed by atoms with Crippen LogP contribution in [0, 0.1) is 0 Å². The van der Waals surface area contributed by atoms with E-state index in [1.54, 1.807) is 6.07 Å². The first-order chi connectivity index (χ1) is 12.3. The first-order valence-corrected chi connectivity index (χ1v) is 10.8. The highest BCUT2D eigenvalue weighted by Crippen LogP contribution is 2.35. The summed E-state index contributed by atoms with van der Waals surface area (Å²) >= 11 is 1.49. The molecule has 2 aromatic heterocycles. The van der Waals surface area contributed by atoms with Crippen LogP contribution in [-0.2, 0) is 23.0 Å². The van der Waals surface area contributed by atoms with Crippen LogP contribution in [-0.4, -0.2) is 28.1 Å². The summed E-state index contributed by atoms with van der Waals surface area (Å²) in [6.07, 6.45) is 1.74. The van der Waals surface area contributed by atoms with E-state index < -0.39 is 10.0 Å². The van der Waals surface area contributed by atoms with E-state index >= 15 is 0 Å². The van der Waals surface area contributed by atoms with Crippen molar-refractivity contribution in [1.29, 1.82) is 0 Å². The standard InChI is InChI=1S/C16H21N5O3S2/c1-4-6-14-19-15(24-20-14)10(3)25-16-18-12-9-11(26(17,22)23)7-8-13(12)21(16)5-2/h7-10H,4-6H2,1-3H3,(H2,17,22,23). The minimum absolute atomic E-state index is 0.0523. The van der Waals surface area contributed by atoms with Crippen molar-refractivity contribution in [2.75, 3.05) is 0 Å². The largest absolute Gasteiger partial charge is 0.338 e. The fourth-order valence-corrected chi connectivity index (χ4v) is 4.18. The molecule has 0 aliphatic rings. The van der Waals surface area contributed by atoms with E-state index in [-0.39, 0.29) is 10.1 Å². The minimum Gasteiger partial charge on any atom is -0.338 e. The summed E-state index contributed by atoms with van der Waals surface area (Å²) in [6, 6.07) is 4.72. The summed E-state index contributed by atoms with van der Waals surface area (Å²) in [5.41, 5.74) is 1.44. The molecular formula is C16H21N5O3S2. The maximum absolute atomic E-state index is 11.6. The number of aromatic nitrogens is 4. The van der Waals surface area contributed by atoms with Crippen molar-refractivity contribution < 1.29 is 12.9 Å². The van der Waals surface area contributed by atoms with Gasteiger partial charge in [-0.1, -0.05) is 23.8 Å². The zero-order valence-electron chi connectivity index (χ0n) is 14.8. The lowest BCUT2D eigenvalue weighted by Crippen LogP contribution is -2.11. The number of rotatable bonds is 7. The lowest BCUT2D eigenvalue weighted by molar-refractivity contribution is 0.374. The van der Waals surface area contributed by atoms with Gasteiger partial charge in [0.15, 0.2) is 11.0 Å². The van der Waals surface area contributed by atoms with Gasteiger partial charge in [-0.2, -0.15) is 4.98 Å². The van der Waals surface area contributed by atoms with Crippen LogP contribution in [0.4, 0.5) is 0 Å². The van der Waals surface area contributed by atoms with Crippen LogP contribution >= 0.6 is 11.8 Å². The number of hydrogen-bond donors (Lipinski definition) is 1. The number of primary sulfonamides is 1. The molecule has 0 radical (unpaired) electrons. The van der Waals surface area contributed by atoms with Gasteiger partial charge in [-0.15, -0.1) is 0 Å². The molecule has 1 unspecified atom stereocenters. The molecule has 0 aliphatic heterocycles. The summed E-state index contributed by atoms with van der Waals surface area (Å²) in [5, 5.41) is 9.88. The molecule has 0 amide bonds. The summed E-state index contributed by atoms with van der Waals surface area (Å²) in [5.74, 6) is 1.26. The second-order valence-electron chi connectivity index (χ2n) is 5.89. The Morgan fingerprint density at radius 1 is 1.31 bits per heavy atom. The zero-order chi connectivity index (χ0) is 18.9. The average molecular weight is 396 g/mol. The number of imidazole rings is 1. The van der Waals surface area contributed by atoms with Gasteiger partial charge >= 0.3 is 0 Å². The Hall–Kier alpha value is -1.91. The van der Waals surface area contributed by atoms with Crippen molar-refractivity contribution in [2.45, 2.75) is 55.5 Å². The highest BCUT2D eigenvalue weighted by atomic mass is 32.2. The van der Waals surface area contributed by atoms with Crippen molar-refractivity contribution in [3.63, 3.8) is 0 Å². The van der Waals surface area contributed by atoms with Crippen LogP contribution in [0.3, 0.4) is 0 Å². The summed E-state index contributed by atoms with van der Waals surface area (Å²) in [7, 11) is -3.76. The quantitative estimate of drug-likeness (QED) is 0.611. The Morgan fingerprint density at radius 3 is 2.73 bits per heavy atom. The minimum atomic E-state index is -3.76. The van der Waals surface area contributed by atoms with Crippen LogP contribution in [0.2, 0.25) is 0 Å². The van der Waals surface area contributed by atoms with Crippen LogP contribution in [0.1, 0.15) is 44.2 Å². The van der Waals surface area contributed by atoms with Crippen LogP contribution in [0.15, 0.2) is 32.8 Å². The second kappa shape index (κ2) is 7.37. The number of nitrogens with zero attached hydrogens (tertiary/aromatic N) is 4. The summed E-state index contributed by atoms with van der Waals surface area (Å²) in [6.45, 7) is 6.75. The van der Waals surface area contributed by atoms with Crippen LogP contribution in [0.5, 0.6) is 0 Å². The zero-order valence-corrected chi connectivity index (χ0v) is 16.5. The van der Waals surface area contributed by atoms with E-state index in [9.17, 15) is 8.42 Å². The Labute approximate surface area is 156 Å². The van der Waals surface area contributed by atoms with Gasteiger partial charge in [0.1, 0.15) is 0 Å². The fraction of sp³-hybridized carbons (Fsp3) is 0.438. The second-order valence-corrected chi connectivity index (χ2v) is 8.76. The molecule has 26 heavy (non-hydrogen) atoms. The Balaban J connectivity index is 1.93. The molecule has 0 aliphatic carbocycles. The predicted octanol–water partition coefficient (Wildman–Crippen LogP) is 2.89. The van der Waals surface area contributed by atoms with E-state index in [1.165, 1.54) is 23.9 Å². The molecule has 0 saturated heterocycles. The molecule has 0 spiro atoms. The van der Waals surface area contributed by atoms with Gasteiger partial charge in [0, 0.05) is 13.0 Å². The van der Waals surface area contributed by atoms with Gasteiger partial charge in [0.2, 0.25) is 15.9 Å². The normalized spacial score (nSPS) is 13.4. The summed E-state index contributed by atoms with van der Waals surface area (Å²) < 4.78 is 30.5. The SMILES string of the molecule is CCCc1noc(C(C)Sc2nc3cc(S(N)(=O)=O)ccc3n2CC)n1. The lowest BCUT2D eigenvalue weighted by Gasteiger charge is -2.08. The third-order valence-corrected chi connectivity index (χ3v) is 5.91. The van der Waals surface area contributed by atoms with E-state index in [2.05, 4.69) is 22.0 Å². The first kappa shape index (κ1) is 18.9. The van der Waals surface area contributed by atoms with Gasteiger partial charge in [0.25, 0.3) is 0 Å². The topological polar surface area (TPSA) is 117 Å². The number of hydrogen-bond acceptors (Lipinski definition) is 7. The molecule has 140 valence electrons. The van der Waals surface area contributed by atoms with Gasteiger partial charge < -0.3 is 9.09 Å². The van der Waals surface area contributed by atoms with Crippen LogP contribution < -0.4 is 5.14 Å². The van der Waals surface area contributed by atoms with Crippen molar-refractivity contribution in [3.8, 4) is 0 Å². The maximum Gasteiger partial charge on any atom is 0.239 e. The first-order valence-electron chi connectivity index (χ1n) is 8.35. The molecule has 2 N–H and O–H groups in total.